The summed E-state index contributed by atoms with van der Waals surface area (Å²) in [7, 11) is 0. The molecule has 0 aliphatic carbocycles. The van der Waals surface area contributed by atoms with E-state index in [2.05, 4.69) is 0 Å². The molecule has 0 unspecified atom stereocenters. The molecule has 0 spiro atoms. The van der Waals surface area contributed by atoms with Gasteiger partial charge in [-0.1, -0.05) is 6.07 Å². The SMILES string of the molecule is Cc1ccc(F)cc1C(=O)c1c(F)cc(F)cc1F. The lowest BCUT2D eigenvalue weighted by molar-refractivity contribution is 0.103. The lowest BCUT2D eigenvalue weighted by Crippen LogP contribution is -2.10. The molecule has 5 heteroatoms. The lowest BCUT2D eigenvalue weighted by atomic mass is 9.98. The highest BCUT2D eigenvalue weighted by molar-refractivity contribution is 6.10. The first kappa shape index (κ1) is 13.3. The van der Waals surface area contributed by atoms with Crippen LogP contribution in [0.1, 0.15) is 21.5 Å². The molecule has 2 aromatic rings. The highest BCUT2D eigenvalue weighted by atomic mass is 19.1. The number of ketones is 1. The van der Waals surface area contributed by atoms with Crippen molar-refractivity contribution in [1.29, 1.82) is 0 Å². The third-order valence-corrected chi connectivity index (χ3v) is 2.68. The summed E-state index contributed by atoms with van der Waals surface area (Å²) in [6.45, 7) is 1.51. The van der Waals surface area contributed by atoms with Crippen LogP contribution in [-0.4, -0.2) is 5.78 Å². The minimum Gasteiger partial charge on any atom is -0.288 e. The van der Waals surface area contributed by atoms with Gasteiger partial charge >= 0.3 is 0 Å². The summed E-state index contributed by atoms with van der Waals surface area (Å²) in [4.78, 5) is 12.0. The Morgan fingerprint density at radius 2 is 1.47 bits per heavy atom. The predicted octanol–water partition coefficient (Wildman–Crippen LogP) is 3.78. The molecule has 0 aliphatic rings. The van der Waals surface area contributed by atoms with E-state index in [0.29, 0.717) is 17.7 Å². The van der Waals surface area contributed by atoms with Gasteiger partial charge in [-0.15, -0.1) is 0 Å². The highest BCUT2D eigenvalue weighted by Gasteiger charge is 2.22. The van der Waals surface area contributed by atoms with E-state index in [4.69, 9.17) is 0 Å². The number of rotatable bonds is 2. The molecule has 0 amide bonds. The fraction of sp³-hybridized carbons (Fsp3) is 0.0714. The summed E-state index contributed by atoms with van der Waals surface area (Å²) in [6, 6.07) is 4.15. The van der Waals surface area contributed by atoms with Crippen LogP contribution in [0, 0.1) is 30.2 Å². The predicted molar refractivity (Wildman–Crippen MR) is 60.9 cm³/mol. The Balaban J connectivity index is 2.59. The number of benzene rings is 2. The van der Waals surface area contributed by atoms with Gasteiger partial charge in [0, 0.05) is 17.7 Å². The zero-order valence-corrected chi connectivity index (χ0v) is 9.81. The average Bonchev–Trinajstić information content (AvgIpc) is 2.30. The van der Waals surface area contributed by atoms with Crippen molar-refractivity contribution in [1.82, 2.24) is 0 Å². The van der Waals surface area contributed by atoms with Gasteiger partial charge in [0.25, 0.3) is 0 Å². The summed E-state index contributed by atoms with van der Waals surface area (Å²) in [6.07, 6.45) is 0. The minimum atomic E-state index is -1.31. The third kappa shape index (κ3) is 2.50. The van der Waals surface area contributed by atoms with Crippen LogP contribution in [0.3, 0.4) is 0 Å². The van der Waals surface area contributed by atoms with E-state index >= 15 is 0 Å². The van der Waals surface area contributed by atoms with Gasteiger partial charge < -0.3 is 0 Å². The molecule has 0 aliphatic heterocycles. The molecule has 0 atom stereocenters. The number of halogens is 4. The first-order chi connectivity index (χ1) is 8.90. The monoisotopic (exact) mass is 268 g/mol. The zero-order chi connectivity index (χ0) is 14.2. The quantitative estimate of drug-likeness (QED) is 0.598. The summed E-state index contributed by atoms with van der Waals surface area (Å²) < 4.78 is 52.8. The number of carbonyl (C=O) groups excluding carboxylic acids is 1. The first-order valence-electron chi connectivity index (χ1n) is 5.35. The molecule has 0 saturated carbocycles. The maximum Gasteiger partial charge on any atom is 0.199 e. The summed E-state index contributed by atoms with van der Waals surface area (Å²) in [5.41, 5.74) is -0.686. The number of carbonyl (C=O) groups is 1. The van der Waals surface area contributed by atoms with Crippen LogP contribution in [0.4, 0.5) is 17.6 Å². The van der Waals surface area contributed by atoms with Gasteiger partial charge in [-0.25, -0.2) is 17.6 Å². The molecule has 0 radical (unpaired) electrons. The van der Waals surface area contributed by atoms with Gasteiger partial charge in [0.1, 0.15) is 23.3 Å². The maximum atomic E-state index is 13.5. The van der Waals surface area contributed by atoms with Crippen molar-refractivity contribution < 1.29 is 22.4 Å². The molecular weight excluding hydrogens is 260 g/mol. The Hall–Kier alpha value is -2.17. The van der Waals surface area contributed by atoms with Crippen LogP contribution in [0.5, 0.6) is 0 Å². The molecule has 0 saturated heterocycles. The fourth-order valence-corrected chi connectivity index (χ4v) is 1.73. The van der Waals surface area contributed by atoms with Crippen LogP contribution in [-0.2, 0) is 0 Å². The van der Waals surface area contributed by atoms with Crippen molar-refractivity contribution in [2.45, 2.75) is 6.92 Å². The number of hydrogen-bond donors (Lipinski definition) is 0. The van der Waals surface area contributed by atoms with Gasteiger partial charge in [-0.3, -0.25) is 4.79 Å². The molecule has 1 nitrogen and oxygen atoms in total. The molecule has 0 bridgehead atoms. The van der Waals surface area contributed by atoms with Crippen LogP contribution in [0.15, 0.2) is 30.3 Å². The summed E-state index contributed by atoms with van der Waals surface area (Å²) in [5.74, 6) is -5.47. The summed E-state index contributed by atoms with van der Waals surface area (Å²) in [5, 5.41) is 0. The topological polar surface area (TPSA) is 17.1 Å². The maximum absolute atomic E-state index is 13.5. The van der Waals surface area contributed by atoms with E-state index in [1.54, 1.807) is 0 Å². The Kier molecular flexibility index (Phi) is 3.38. The minimum absolute atomic E-state index is 0.163. The van der Waals surface area contributed by atoms with Crippen molar-refractivity contribution >= 4 is 5.78 Å². The van der Waals surface area contributed by atoms with E-state index in [1.165, 1.54) is 13.0 Å². The van der Waals surface area contributed by atoms with E-state index < -0.39 is 34.6 Å². The van der Waals surface area contributed by atoms with Crippen molar-refractivity contribution in [3.05, 3.63) is 70.3 Å². The Morgan fingerprint density at radius 3 is 2.05 bits per heavy atom. The molecule has 98 valence electrons. The number of hydrogen-bond acceptors (Lipinski definition) is 1. The van der Waals surface area contributed by atoms with Gasteiger partial charge in [0.05, 0.1) is 5.56 Å². The molecule has 0 aromatic heterocycles. The molecule has 0 fully saturated rings. The Bertz CT molecular complexity index is 641. The molecular formula is C14H8F4O. The normalized spacial score (nSPS) is 10.6. The van der Waals surface area contributed by atoms with E-state index in [9.17, 15) is 22.4 Å². The second kappa shape index (κ2) is 4.84. The van der Waals surface area contributed by atoms with Gasteiger partial charge in [0.15, 0.2) is 5.78 Å². The molecule has 2 aromatic carbocycles. The number of aryl methyl sites for hydroxylation is 1. The van der Waals surface area contributed by atoms with Crippen LogP contribution in [0.25, 0.3) is 0 Å². The van der Waals surface area contributed by atoms with Gasteiger partial charge in [-0.2, -0.15) is 0 Å². The van der Waals surface area contributed by atoms with Crippen molar-refractivity contribution in [3.63, 3.8) is 0 Å². The van der Waals surface area contributed by atoms with Crippen LogP contribution >= 0.6 is 0 Å². The van der Waals surface area contributed by atoms with E-state index in [-0.39, 0.29) is 5.56 Å². The standard InChI is InChI=1S/C14H8F4O/c1-7-2-3-8(15)4-10(7)14(19)13-11(17)5-9(16)6-12(13)18/h2-6H,1H3. The fourth-order valence-electron chi connectivity index (χ4n) is 1.73. The van der Waals surface area contributed by atoms with E-state index in [0.717, 1.165) is 12.1 Å². The molecule has 0 N–H and O–H groups in total. The van der Waals surface area contributed by atoms with Gasteiger partial charge in [0.2, 0.25) is 0 Å². The lowest BCUT2D eigenvalue weighted by Gasteiger charge is -2.07. The molecule has 19 heavy (non-hydrogen) atoms. The van der Waals surface area contributed by atoms with Crippen molar-refractivity contribution in [2.24, 2.45) is 0 Å². The Labute approximate surface area is 106 Å². The molecule has 0 heterocycles. The molecule has 2 rings (SSSR count). The zero-order valence-electron chi connectivity index (χ0n) is 9.81. The van der Waals surface area contributed by atoms with Gasteiger partial charge in [-0.05, 0) is 24.6 Å². The Morgan fingerprint density at radius 1 is 0.895 bits per heavy atom. The average molecular weight is 268 g/mol. The largest absolute Gasteiger partial charge is 0.288 e. The van der Waals surface area contributed by atoms with Crippen molar-refractivity contribution in [3.8, 4) is 0 Å². The van der Waals surface area contributed by atoms with E-state index in [1.807, 2.05) is 0 Å². The first-order valence-corrected chi connectivity index (χ1v) is 5.35. The van der Waals surface area contributed by atoms with Crippen molar-refractivity contribution in [2.75, 3.05) is 0 Å². The smallest absolute Gasteiger partial charge is 0.199 e. The highest BCUT2D eigenvalue weighted by Crippen LogP contribution is 2.21. The summed E-state index contributed by atoms with van der Waals surface area (Å²) >= 11 is 0. The van der Waals surface area contributed by atoms with Crippen LogP contribution < -0.4 is 0 Å². The second-order valence-corrected chi connectivity index (χ2v) is 4.03. The third-order valence-electron chi connectivity index (χ3n) is 2.68. The second-order valence-electron chi connectivity index (χ2n) is 4.03. The van der Waals surface area contributed by atoms with Crippen LogP contribution in [0.2, 0.25) is 0 Å².